The van der Waals surface area contributed by atoms with Gasteiger partial charge >= 0.3 is 5.69 Å². The molecule has 12 nitrogen and oxygen atoms in total. The van der Waals surface area contributed by atoms with Gasteiger partial charge in [0.05, 0.1) is 14.4 Å². The van der Waals surface area contributed by atoms with Crippen LogP contribution in [0.2, 0.25) is 0 Å². The fourth-order valence-corrected chi connectivity index (χ4v) is 2.46. The minimum absolute atomic E-state index is 0.307. The lowest BCUT2D eigenvalue weighted by molar-refractivity contribution is -0.347. The fourth-order valence-electron chi connectivity index (χ4n) is 1.91. The molecule has 4 atom stereocenters. The third-order valence-corrected chi connectivity index (χ3v) is 3.26. The van der Waals surface area contributed by atoms with Gasteiger partial charge in [-0.1, -0.05) is 0 Å². The van der Waals surface area contributed by atoms with Gasteiger partial charge in [-0.2, -0.15) is 4.98 Å². The second-order valence-electron chi connectivity index (χ2n) is 4.16. The minimum Gasteiger partial charge on any atom is -0.790 e. The van der Waals surface area contributed by atoms with E-state index in [1.54, 1.807) is 0 Å². The van der Waals surface area contributed by atoms with Gasteiger partial charge in [0.1, 0.15) is 24.6 Å². The third-order valence-electron chi connectivity index (χ3n) is 2.76. The van der Waals surface area contributed by atoms with Crippen molar-refractivity contribution in [3.63, 3.8) is 0 Å². The molecule has 1 aromatic heterocycles. The van der Waals surface area contributed by atoms with Gasteiger partial charge in [-0.15, -0.1) is 0 Å². The maximum atomic E-state index is 11.6. The molecule has 0 amide bonds. The number of nitrogens with zero attached hydrogens (tertiary/aromatic N) is 3. The van der Waals surface area contributed by atoms with Crippen LogP contribution < -0.4 is 21.2 Å². The summed E-state index contributed by atoms with van der Waals surface area (Å²) in [7, 11) is -5.43. The van der Waals surface area contributed by atoms with Gasteiger partial charge in [0.25, 0.3) is 0 Å². The minimum atomic E-state index is -5.43. The average molecular weight is 322 g/mol. The van der Waals surface area contributed by atoms with Crippen molar-refractivity contribution in [1.29, 1.82) is 0 Å². The summed E-state index contributed by atoms with van der Waals surface area (Å²) >= 11 is 0. The lowest BCUT2D eigenvalue weighted by atomic mass is 10.1. The Labute approximate surface area is 117 Å². The predicted molar refractivity (Wildman–Crippen MR) is 60.2 cm³/mol. The zero-order valence-corrected chi connectivity index (χ0v) is 11.2. The number of hydrogen-bond acceptors (Lipinski definition) is 11. The molecule has 0 spiro atoms. The fraction of sp³-hybridized carbons (Fsp3) is 0.625. The van der Waals surface area contributed by atoms with Crippen molar-refractivity contribution in [3.05, 3.63) is 16.8 Å². The van der Waals surface area contributed by atoms with Gasteiger partial charge in [-0.3, -0.25) is 4.57 Å². The zero-order chi connectivity index (χ0) is 15.8. The number of anilines is 1. The molecule has 13 heteroatoms. The van der Waals surface area contributed by atoms with E-state index in [0.717, 1.165) is 10.9 Å². The maximum absolute atomic E-state index is 11.6. The predicted octanol–water partition coefficient (Wildman–Crippen LogP) is -4.31. The maximum Gasteiger partial charge on any atom is 0.354 e. The molecule has 0 bridgehead atoms. The van der Waals surface area contributed by atoms with Gasteiger partial charge in [0.15, 0.2) is 6.23 Å². The SMILES string of the molecule is Nc1ncn([C@@H]2O[C@H](CO)C(OP(=O)([O-])[O-])C2O)c(=O)n1. The third kappa shape index (κ3) is 3.44. The van der Waals surface area contributed by atoms with Crippen LogP contribution in [-0.2, 0) is 13.8 Å². The lowest BCUT2D eigenvalue weighted by Gasteiger charge is -2.34. The normalized spacial score (nSPS) is 29.7. The number of ether oxygens (including phenoxy) is 1. The Morgan fingerprint density at radius 2 is 2.24 bits per heavy atom. The monoisotopic (exact) mass is 322 g/mol. The molecule has 118 valence electrons. The van der Waals surface area contributed by atoms with Gasteiger partial charge in [-0.25, -0.2) is 9.78 Å². The first kappa shape index (κ1) is 16.0. The van der Waals surface area contributed by atoms with Crippen LogP contribution >= 0.6 is 7.82 Å². The molecule has 0 aromatic carbocycles. The number of nitrogen functional groups attached to an aromatic ring is 1. The van der Waals surface area contributed by atoms with Gasteiger partial charge in [0, 0.05) is 0 Å². The van der Waals surface area contributed by atoms with Crippen LogP contribution in [0, 0.1) is 0 Å². The van der Waals surface area contributed by atoms with E-state index in [-0.39, 0.29) is 5.95 Å². The Bertz CT molecular complexity index is 617. The van der Waals surface area contributed by atoms with E-state index in [2.05, 4.69) is 14.5 Å². The topological polar surface area (TPSA) is 196 Å². The highest BCUT2D eigenvalue weighted by Gasteiger charge is 2.46. The van der Waals surface area contributed by atoms with Crippen LogP contribution in [0.25, 0.3) is 0 Å². The lowest BCUT2D eigenvalue weighted by Crippen LogP contribution is -2.39. The molecule has 1 fully saturated rings. The molecule has 1 aliphatic rings. The van der Waals surface area contributed by atoms with E-state index >= 15 is 0 Å². The Kier molecular flexibility index (Phi) is 4.39. The first-order valence-corrected chi connectivity index (χ1v) is 7.04. The largest absolute Gasteiger partial charge is 0.790 e. The first-order valence-electron chi connectivity index (χ1n) is 5.58. The summed E-state index contributed by atoms with van der Waals surface area (Å²) in [5.41, 5.74) is 4.28. The highest BCUT2D eigenvalue weighted by atomic mass is 31.2. The molecule has 0 radical (unpaired) electrons. The summed E-state index contributed by atoms with van der Waals surface area (Å²) in [6.45, 7) is -0.747. The zero-order valence-electron chi connectivity index (χ0n) is 10.3. The Morgan fingerprint density at radius 3 is 2.76 bits per heavy atom. The number of rotatable bonds is 4. The molecule has 2 heterocycles. The number of aliphatic hydroxyl groups is 2. The number of phosphoric acid groups is 1. The second-order valence-corrected chi connectivity index (χ2v) is 5.27. The molecule has 21 heavy (non-hydrogen) atoms. The van der Waals surface area contributed by atoms with E-state index in [0.29, 0.717) is 0 Å². The van der Waals surface area contributed by atoms with Crippen molar-refractivity contribution in [1.82, 2.24) is 14.5 Å². The van der Waals surface area contributed by atoms with Gasteiger partial charge < -0.3 is 39.6 Å². The van der Waals surface area contributed by atoms with E-state index in [1.807, 2.05) is 0 Å². The molecule has 0 saturated carbocycles. The summed E-state index contributed by atoms with van der Waals surface area (Å²) in [4.78, 5) is 39.7. The standard InChI is InChI=1S/C8H13N4O8P/c9-7-10-2-12(8(15)11-7)6-4(14)5(3(1-13)19-6)20-21(16,17)18/h2-6,13-14H,1H2,(H2,9,11,15)(H2,16,17,18)/p-2/t3-,4?,5?,6-/m1/s1. The molecule has 4 N–H and O–H groups in total. The Balaban J connectivity index is 2.31. The number of aromatic nitrogens is 3. The van der Waals surface area contributed by atoms with Crippen molar-refractivity contribution >= 4 is 13.8 Å². The molecule has 1 aromatic rings. The summed E-state index contributed by atoms with van der Waals surface area (Å²) in [5.74, 6) is -0.307. The summed E-state index contributed by atoms with van der Waals surface area (Å²) in [5, 5.41) is 19.0. The first-order chi connectivity index (χ1) is 9.73. The van der Waals surface area contributed by atoms with Crippen molar-refractivity contribution in [2.45, 2.75) is 24.5 Å². The molecule has 1 saturated heterocycles. The molecular weight excluding hydrogens is 311 g/mol. The number of aliphatic hydroxyl groups excluding tert-OH is 2. The molecule has 0 aliphatic carbocycles. The summed E-state index contributed by atoms with van der Waals surface area (Å²) in [6.07, 6.45) is -5.23. The number of nitrogens with two attached hydrogens (primary N) is 1. The number of hydrogen-bond donors (Lipinski definition) is 3. The molecule has 2 unspecified atom stereocenters. The van der Waals surface area contributed by atoms with E-state index in [1.165, 1.54) is 0 Å². The second kappa shape index (κ2) is 5.77. The molecular formula is C8H11N4O8P-2. The highest BCUT2D eigenvalue weighted by molar-refractivity contribution is 7.43. The summed E-state index contributed by atoms with van der Waals surface area (Å²) in [6, 6.07) is 0. The summed E-state index contributed by atoms with van der Waals surface area (Å²) < 4.78 is 20.6. The van der Waals surface area contributed by atoms with Gasteiger partial charge in [-0.05, 0) is 0 Å². The Hall–Kier alpha value is -1.40. The van der Waals surface area contributed by atoms with E-state index in [9.17, 15) is 24.3 Å². The van der Waals surface area contributed by atoms with Crippen molar-refractivity contribution in [2.75, 3.05) is 12.3 Å². The van der Waals surface area contributed by atoms with Crippen molar-refractivity contribution in [2.24, 2.45) is 0 Å². The Morgan fingerprint density at radius 1 is 1.57 bits per heavy atom. The quantitative estimate of drug-likeness (QED) is 0.453. The highest BCUT2D eigenvalue weighted by Crippen LogP contribution is 2.38. The average Bonchev–Trinajstić information content (AvgIpc) is 2.65. The van der Waals surface area contributed by atoms with Crippen LogP contribution in [0.15, 0.2) is 11.1 Å². The van der Waals surface area contributed by atoms with Crippen molar-refractivity contribution in [3.8, 4) is 0 Å². The van der Waals surface area contributed by atoms with Crippen molar-refractivity contribution < 1.29 is 33.8 Å². The van der Waals surface area contributed by atoms with Crippen LogP contribution in [0.3, 0.4) is 0 Å². The van der Waals surface area contributed by atoms with Gasteiger partial charge in [0.2, 0.25) is 5.95 Å². The van der Waals surface area contributed by atoms with Crippen LogP contribution in [-0.4, -0.2) is 49.7 Å². The number of phosphoric ester groups is 1. The van der Waals surface area contributed by atoms with Crippen LogP contribution in [0.5, 0.6) is 0 Å². The van der Waals surface area contributed by atoms with Crippen LogP contribution in [0.4, 0.5) is 5.95 Å². The smallest absolute Gasteiger partial charge is 0.354 e. The van der Waals surface area contributed by atoms with E-state index < -0.39 is 44.7 Å². The molecule has 1 aliphatic heterocycles. The molecule has 2 rings (SSSR count). The van der Waals surface area contributed by atoms with E-state index in [4.69, 9.17) is 15.6 Å². The van der Waals surface area contributed by atoms with Crippen LogP contribution in [0.1, 0.15) is 6.23 Å².